The molecule has 2 aliphatic heterocycles. The highest BCUT2D eigenvalue weighted by Crippen LogP contribution is 2.24. The summed E-state index contributed by atoms with van der Waals surface area (Å²) in [6.45, 7) is 8.27. The summed E-state index contributed by atoms with van der Waals surface area (Å²) in [6.07, 6.45) is 4.47. The van der Waals surface area contributed by atoms with Crippen LogP contribution < -0.4 is 14.7 Å². The lowest BCUT2D eigenvalue weighted by atomic mass is 10.0. The molecule has 0 spiro atoms. The van der Waals surface area contributed by atoms with E-state index < -0.39 is 0 Å². The lowest BCUT2D eigenvalue weighted by molar-refractivity contribution is 0.444. The molecular formula is C20H26ClN5. The Balaban J connectivity index is 1.42. The SMILES string of the molecule is CC1CCCN(c2ccnc(N3CCN(c4cccc(Cl)c4)CC3)n2)C1. The Morgan fingerprint density at radius 2 is 1.81 bits per heavy atom. The molecule has 138 valence electrons. The summed E-state index contributed by atoms with van der Waals surface area (Å²) in [5.41, 5.74) is 1.19. The van der Waals surface area contributed by atoms with E-state index in [9.17, 15) is 0 Å². The first-order valence-electron chi connectivity index (χ1n) is 9.52. The normalized spacial score (nSPS) is 21.2. The predicted molar refractivity (Wildman–Crippen MR) is 109 cm³/mol. The van der Waals surface area contributed by atoms with Crippen LogP contribution in [0.2, 0.25) is 5.02 Å². The Labute approximate surface area is 160 Å². The van der Waals surface area contributed by atoms with Crippen molar-refractivity contribution in [1.29, 1.82) is 0 Å². The van der Waals surface area contributed by atoms with Gasteiger partial charge in [-0.2, -0.15) is 4.98 Å². The van der Waals surface area contributed by atoms with E-state index in [1.807, 2.05) is 30.5 Å². The summed E-state index contributed by atoms with van der Waals surface area (Å²) >= 11 is 6.13. The molecule has 4 rings (SSSR count). The van der Waals surface area contributed by atoms with Crippen LogP contribution >= 0.6 is 11.6 Å². The molecule has 3 heterocycles. The summed E-state index contributed by atoms with van der Waals surface area (Å²) in [7, 11) is 0. The van der Waals surface area contributed by atoms with E-state index in [0.29, 0.717) is 0 Å². The van der Waals surface area contributed by atoms with Gasteiger partial charge in [-0.25, -0.2) is 4.98 Å². The minimum absolute atomic E-state index is 0.739. The smallest absolute Gasteiger partial charge is 0.227 e. The van der Waals surface area contributed by atoms with Gasteiger partial charge in [0.25, 0.3) is 0 Å². The van der Waals surface area contributed by atoms with E-state index >= 15 is 0 Å². The maximum absolute atomic E-state index is 6.13. The molecule has 6 heteroatoms. The lowest BCUT2D eigenvalue weighted by Crippen LogP contribution is -2.47. The molecule has 1 aromatic carbocycles. The van der Waals surface area contributed by atoms with Crippen LogP contribution in [-0.2, 0) is 0 Å². The molecule has 2 saturated heterocycles. The number of piperazine rings is 1. The van der Waals surface area contributed by atoms with Gasteiger partial charge in [0.15, 0.2) is 0 Å². The molecule has 5 nitrogen and oxygen atoms in total. The van der Waals surface area contributed by atoms with Gasteiger partial charge in [-0.3, -0.25) is 0 Å². The number of halogens is 1. The summed E-state index contributed by atoms with van der Waals surface area (Å²) in [4.78, 5) is 16.5. The van der Waals surface area contributed by atoms with Crippen LogP contribution in [0.3, 0.4) is 0 Å². The molecule has 0 aliphatic carbocycles. The van der Waals surface area contributed by atoms with Crippen molar-refractivity contribution in [2.75, 3.05) is 54.0 Å². The lowest BCUT2D eigenvalue weighted by Gasteiger charge is -2.37. The first-order chi connectivity index (χ1) is 12.7. The van der Waals surface area contributed by atoms with Crippen LogP contribution in [-0.4, -0.2) is 49.2 Å². The Morgan fingerprint density at radius 3 is 2.58 bits per heavy atom. The minimum atomic E-state index is 0.739. The van der Waals surface area contributed by atoms with Crippen molar-refractivity contribution in [2.24, 2.45) is 5.92 Å². The fourth-order valence-corrected chi connectivity index (χ4v) is 4.09. The average Bonchev–Trinajstić information content (AvgIpc) is 2.68. The van der Waals surface area contributed by atoms with E-state index in [1.165, 1.54) is 18.5 Å². The third-order valence-electron chi connectivity index (χ3n) is 5.35. The second kappa shape index (κ2) is 7.70. The third kappa shape index (κ3) is 3.88. The molecule has 2 aromatic rings. The molecule has 1 unspecified atom stereocenters. The molecule has 0 bridgehead atoms. The minimum Gasteiger partial charge on any atom is -0.368 e. The Morgan fingerprint density at radius 1 is 1.00 bits per heavy atom. The second-order valence-corrected chi connectivity index (χ2v) is 7.80. The van der Waals surface area contributed by atoms with E-state index in [-0.39, 0.29) is 0 Å². The van der Waals surface area contributed by atoms with Crippen molar-refractivity contribution in [2.45, 2.75) is 19.8 Å². The molecule has 0 N–H and O–H groups in total. The van der Waals surface area contributed by atoms with Gasteiger partial charge in [-0.05, 0) is 43.0 Å². The fraction of sp³-hybridized carbons (Fsp3) is 0.500. The number of anilines is 3. The van der Waals surface area contributed by atoms with Crippen molar-refractivity contribution in [3.05, 3.63) is 41.6 Å². The molecule has 1 atom stereocenters. The third-order valence-corrected chi connectivity index (χ3v) is 5.58. The molecular weight excluding hydrogens is 346 g/mol. The largest absolute Gasteiger partial charge is 0.368 e. The highest BCUT2D eigenvalue weighted by molar-refractivity contribution is 6.30. The van der Waals surface area contributed by atoms with E-state index in [2.05, 4.69) is 32.7 Å². The van der Waals surface area contributed by atoms with Gasteiger partial charge in [0, 0.05) is 56.2 Å². The Kier molecular flexibility index (Phi) is 5.16. The van der Waals surface area contributed by atoms with Crippen molar-refractivity contribution in [3.8, 4) is 0 Å². The van der Waals surface area contributed by atoms with Crippen molar-refractivity contribution >= 4 is 29.1 Å². The van der Waals surface area contributed by atoms with Crippen molar-refractivity contribution in [1.82, 2.24) is 9.97 Å². The van der Waals surface area contributed by atoms with Gasteiger partial charge in [0.05, 0.1) is 0 Å². The summed E-state index contributed by atoms with van der Waals surface area (Å²) in [5.74, 6) is 2.66. The Hall–Kier alpha value is -2.01. The van der Waals surface area contributed by atoms with Gasteiger partial charge in [0.2, 0.25) is 5.95 Å². The monoisotopic (exact) mass is 371 g/mol. The summed E-state index contributed by atoms with van der Waals surface area (Å²) in [6, 6.07) is 10.1. The standard InChI is InChI=1S/C20H26ClN5/c1-16-4-3-9-26(15-16)19-7-8-22-20(23-19)25-12-10-24(11-13-25)18-6-2-5-17(21)14-18/h2,5-8,14,16H,3-4,9-13,15H2,1H3. The number of hydrogen-bond donors (Lipinski definition) is 0. The first kappa shape index (κ1) is 17.4. The zero-order valence-corrected chi connectivity index (χ0v) is 16.1. The quantitative estimate of drug-likeness (QED) is 0.822. The van der Waals surface area contributed by atoms with Gasteiger partial charge in [-0.15, -0.1) is 0 Å². The second-order valence-electron chi connectivity index (χ2n) is 7.36. The summed E-state index contributed by atoms with van der Waals surface area (Å²) < 4.78 is 0. The fourth-order valence-electron chi connectivity index (χ4n) is 3.90. The van der Waals surface area contributed by atoms with Gasteiger partial charge < -0.3 is 14.7 Å². The van der Waals surface area contributed by atoms with Crippen LogP contribution in [0.4, 0.5) is 17.5 Å². The van der Waals surface area contributed by atoms with Crippen LogP contribution in [0.1, 0.15) is 19.8 Å². The molecule has 26 heavy (non-hydrogen) atoms. The highest BCUT2D eigenvalue weighted by atomic mass is 35.5. The first-order valence-corrected chi connectivity index (χ1v) is 9.90. The molecule has 0 amide bonds. The molecule has 1 aromatic heterocycles. The number of piperidine rings is 1. The van der Waals surface area contributed by atoms with E-state index in [4.69, 9.17) is 16.6 Å². The Bertz CT molecular complexity index is 744. The van der Waals surface area contributed by atoms with Gasteiger partial charge >= 0.3 is 0 Å². The number of benzene rings is 1. The topological polar surface area (TPSA) is 35.5 Å². The number of aromatic nitrogens is 2. The van der Waals surface area contributed by atoms with Crippen molar-refractivity contribution < 1.29 is 0 Å². The molecule has 2 fully saturated rings. The number of nitrogens with zero attached hydrogens (tertiary/aromatic N) is 5. The van der Waals surface area contributed by atoms with Crippen LogP contribution in [0, 0.1) is 5.92 Å². The zero-order valence-electron chi connectivity index (χ0n) is 15.3. The van der Waals surface area contributed by atoms with Crippen LogP contribution in [0.15, 0.2) is 36.5 Å². The molecule has 0 saturated carbocycles. The predicted octanol–water partition coefficient (Wildman–Crippen LogP) is 3.69. The van der Waals surface area contributed by atoms with Gasteiger partial charge in [-0.1, -0.05) is 24.6 Å². The number of rotatable bonds is 3. The van der Waals surface area contributed by atoms with Crippen molar-refractivity contribution in [3.63, 3.8) is 0 Å². The molecule has 2 aliphatic rings. The van der Waals surface area contributed by atoms with E-state index in [0.717, 1.165) is 62.0 Å². The zero-order chi connectivity index (χ0) is 17.9. The molecule has 0 radical (unpaired) electrons. The van der Waals surface area contributed by atoms with Crippen LogP contribution in [0.25, 0.3) is 0 Å². The van der Waals surface area contributed by atoms with E-state index in [1.54, 1.807) is 0 Å². The summed E-state index contributed by atoms with van der Waals surface area (Å²) in [5, 5.41) is 0.789. The number of hydrogen-bond acceptors (Lipinski definition) is 5. The highest BCUT2D eigenvalue weighted by Gasteiger charge is 2.22. The average molecular weight is 372 g/mol. The van der Waals surface area contributed by atoms with Gasteiger partial charge in [0.1, 0.15) is 5.82 Å². The maximum Gasteiger partial charge on any atom is 0.227 e. The van der Waals surface area contributed by atoms with Crippen LogP contribution in [0.5, 0.6) is 0 Å². The maximum atomic E-state index is 6.13.